The van der Waals surface area contributed by atoms with Crippen LogP contribution in [0.15, 0.2) is 54.9 Å². The smallest absolute Gasteiger partial charge is 0.411 e. The van der Waals surface area contributed by atoms with Crippen molar-refractivity contribution in [3.05, 3.63) is 60.4 Å². The maximum absolute atomic E-state index is 11.5. The van der Waals surface area contributed by atoms with Crippen LogP contribution >= 0.6 is 0 Å². The van der Waals surface area contributed by atoms with E-state index < -0.39 is 6.09 Å². The van der Waals surface area contributed by atoms with E-state index in [2.05, 4.69) is 10.3 Å². The Kier molecular flexibility index (Phi) is 4.30. The van der Waals surface area contributed by atoms with Crippen LogP contribution in [-0.4, -0.2) is 17.7 Å². The number of para-hydroxylation sites is 1. The summed E-state index contributed by atoms with van der Waals surface area (Å²) in [7, 11) is 0. The number of ether oxygens (including phenoxy) is 1. The molecule has 0 aliphatic carbocycles. The Labute approximate surface area is 107 Å². The van der Waals surface area contributed by atoms with Crippen LogP contribution in [0.5, 0.6) is 0 Å². The lowest BCUT2D eigenvalue weighted by Gasteiger charge is -2.06. The molecule has 0 bridgehead atoms. The van der Waals surface area contributed by atoms with Gasteiger partial charge in [-0.15, -0.1) is 0 Å². The summed E-state index contributed by atoms with van der Waals surface area (Å²) in [5.41, 5.74) is 1.82. The summed E-state index contributed by atoms with van der Waals surface area (Å²) in [6.45, 7) is 0.350. The average molecular weight is 244 g/mol. The highest BCUT2D eigenvalue weighted by atomic mass is 16.5. The van der Waals surface area contributed by atoms with Crippen molar-refractivity contribution in [2.24, 2.45) is 0 Å². The first-order valence-electron chi connectivity index (χ1n) is 5.72. The van der Waals surface area contributed by atoms with E-state index in [0.717, 1.165) is 11.3 Å². The lowest BCUT2D eigenvalue weighted by Crippen LogP contribution is -2.15. The lowest BCUT2D eigenvalue weighted by atomic mass is 10.2. The molecule has 0 aliphatic heterocycles. The molecular weight excluding hydrogens is 228 g/mol. The number of anilines is 1. The lowest BCUT2D eigenvalue weighted by molar-refractivity contribution is 0.163. The molecule has 1 aromatic carbocycles. The first-order valence-corrected chi connectivity index (χ1v) is 5.72. The minimum Gasteiger partial charge on any atom is -0.449 e. The van der Waals surface area contributed by atoms with Gasteiger partial charge in [0.1, 0.15) is 0 Å². The van der Waals surface area contributed by atoms with Gasteiger partial charge in [0.25, 0.3) is 0 Å². The number of hydrogen-bond acceptors (Lipinski definition) is 3. The fourth-order valence-electron chi connectivity index (χ4n) is 1.49. The highest BCUT2D eigenvalue weighted by molar-refractivity contribution is 5.84. The topological polar surface area (TPSA) is 51.2 Å². The third kappa shape index (κ3) is 3.90. The van der Waals surface area contributed by atoms with Crippen LogP contribution in [0, 0.1) is 0 Å². The van der Waals surface area contributed by atoms with E-state index >= 15 is 0 Å². The molecule has 0 spiro atoms. The van der Waals surface area contributed by atoms with Gasteiger partial charge in [0, 0.05) is 25.9 Å². The second-order valence-corrected chi connectivity index (χ2v) is 3.73. The summed E-state index contributed by atoms with van der Waals surface area (Å²) in [5.74, 6) is 0. The first kappa shape index (κ1) is 12.1. The minimum atomic E-state index is -0.435. The highest BCUT2D eigenvalue weighted by Gasteiger charge is 2.02. The predicted octanol–water partition coefficient (Wildman–Crippen LogP) is 3.12. The number of carbonyl (C=O) groups excluding carboxylic acids is 1. The third-order valence-corrected chi connectivity index (χ3v) is 2.39. The summed E-state index contributed by atoms with van der Waals surface area (Å²) >= 11 is 0. The molecule has 18 heavy (non-hydrogen) atoms. The highest BCUT2D eigenvalue weighted by Crippen LogP contribution is 2.05. The van der Waals surface area contributed by atoms with Gasteiger partial charge in [0.2, 0.25) is 0 Å². The Morgan fingerprint density at radius 2 is 1.89 bits per heavy atom. The number of carbonyl (C=O) groups is 1. The van der Waals surface area contributed by atoms with E-state index in [-0.39, 0.29) is 1.43 Å². The summed E-state index contributed by atoms with van der Waals surface area (Å²) < 4.78 is 5.08. The number of benzene rings is 1. The number of hydrogen-bond donors (Lipinski definition) is 1. The van der Waals surface area contributed by atoms with Gasteiger partial charge >= 0.3 is 6.09 Å². The largest absolute Gasteiger partial charge is 0.449 e. The van der Waals surface area contributed by atoms with E-state index in [1.54, 1.807) is 12.4 Å². The van der Waals surface area contributed by atoms with E-state index in [0.29, 0.717) is 13.0 Å². The van der Waals surface area contributed by atoms with Crippen LogP contribution in [0.1, 0.15) is 6.99 Å². The van der Waals surface area contributed by atoms with Gasteiger partial charge < -0.3 is 4.74 Å². The van der Waals surface area contributed by atoms with Crippen LogP contribution in [0.4, 0.5) is 10.5 Å². The molecule has 0 atom stereocenters. The molecular formula is C14H16N2O2. The molecule has 2 rings (SSSR count). The van der Waals surface area contributed by atoms with Crippen LogP contribution in [0.3, 0.4) is 0 Å². The Bertz CT molecular complexity index is 491. The van der Waals surface area contributed by atoms with Crippen molar-refractivity contribution in [3.8, 4) is 0 Å². The van der Waals surface area contributed by atoms with Gasteiger partial charge in [-0.25, -0.2) is 4.79 Å². The van der Waals surface area contributed by atoms with E-state index in [9.17, 15) is 4.79 Å². The molecule has 0 fully saturated rings. The molecule has 94 valence electrons. The molecule has 1 aromatic heterocycles. The van der Waals surface area contributed by atoms with Crippen molar-refractivity contribution < 1.29 is 11.0 Å². The molecule has 0 saturated carbocycles. The van der Waals surface area contributed by atoms with Gasteiger partial charge in [0.15, 0.2) is 0 Å². The van der Waals surface area contributed by atoms with Crippen molar-refractivity contribution in [2.75, 3.05) is 11.9 Å². The predicted molar refractivity (Wildman–Crippen MR) is 71.5 cm³/mol. The molecule has 0 aliphatic rings. The summed E-state index contributed by atoms with van der Waals surface area (Å²) in [6, 6.07) is 13.0. The summed E-state index contributed by atoms with van der Waals surface area (Å²) in [4.78, 5) is 15.4. The monoisotopic (exact) mass is 244 g/mol. The van der Waals surface area contributed by atoms with Crippen LogP contribution in [0.25, 0.3) is 0 Å². The fourth-order valence-corrected chi connectivity index (χ4v) is 1.49. The van der Waals surface area contributed by atoms with E-state index in [4.69, 9.17) is 4.74 Å². The van der Waals surface area contributed by atoms with Crippen molar-refractivity contribution in [3.63, 3.8) is 0 Å². The molecule has 0 unspecified atom stereocenters. The summed E-state index contributed by atoms with van der Waals surface area (Å²) in [5, 5.41) is 2.65. The first-order chi connectivity index (χ1) is 8.84. The van der Waals surface area contributed by atoms with Gasteiger partial charge in [-0.1, -0.05) is 18.2 Å². The van der Waals surface area contributed by atoms with Gasteiger partial charge in [-0.2, -0.15) is 0 Å². The standard InChI is InChI=1S/C14H14N2O2.H2/c17-14(16-13-4-2-1-3-5-13)18-11-8-12-6-9-15-10-7-12;/h1-7,9-10H,8,11H2,(H,16,17);1H. The third-order valence-electron chi connectivity index (χ3n) is 2.39. The second-order valence-electron chi connectivity index (χ2n) is 3.73. The summed E-state index contributed by atoms with van der Waals surface area (Å²) in [6.07, 6.45) is 3.69. The number of nitrogens with zero attached hydrogens (tertiary/aromatic N) is 1. The van der Waals surface area contributed by atoms with Crippen LogP contribution < -0.4 is 5.32 Å². The Morgan fingerprint density at radius 3 is 2.61 bits per heavy atom. The molecule has 1 heterocycles. The van der Waals surface area contributed by atoms with Gasteiger partial charge in [0.05, 0.1) is 6.61 Å². The zero-order valence-corrected chi connectivity index (χ0v) is 9.87. The van der Waals surface area contributed by atoms with Gasteiger partial charge in [-0.3, -0.25) is 10.3 Å². The molecule has 0 saturated heterocycles. The molecule has 0 radical (unpaired) electrons. The molecule has 1 N–H and O–H groups in total. The zero-order valence-electron chi connectivity index (χ0n) is 9.87. The van der Waals surface area contributed by atoms with Crippen molar-refractivity contribution >= 4 is 11.8 Å². The quantitative estimate of drug-likeness (QED) is 0.899. The second kappa shape index (κ2) is 6.39. The van der Waals surface area contributed by atoms with Crippen molar-refractivity contribution in [2.45, 2.75) is 6.42 Å². The van der Waals surface area contributed by atoms with E-state index in [1.165, 1.54) is 0 Å². The Morgan fingerprint density at radius 1 is 1.17 bits per heavy atom. The SMILES string of the molecule is O=C(Nc1ccccc1)OCCc1ccncc1.[HH]. The zero-order chi connectivity index (χ0) is 12.6. The minimum absolute atomic E-state index is 0. The number of nitrogens with one attached hydrogen (secondary N) is 1. The van der Waals surface area contributed by atoms with Crippen LogP contribution in [0.2, 0.25) is 0 Å². The number of amides is 1. The van der Waals surface area contributed by atoms with Crippen molar-refractivity contribution in [1.29, 1.82) is 0 Å². The van der Waals surface area contributed by atoms with Gasteiger partial charge in [-0.05, 0) is 29.8 Å². The number of pyridine rings is 1. The van der Waals surface area contributed by atoms with Crippen LogP contribution in [-0.2, 0) is 11.2 Å². The molecule has 4 nitrogen and oxygen atoms in total. The molecule has 1 amide bonds. The maximum atomic E-state index is 11.5. The Hall–Kier alpha value is -2.36. The Balaban J connectivity index is 0.00000180. The molecule has 2 aromatic rings. The number of rotatable bonds is 4. The van der Waals surface area contributed by atoms with E-state index in [1.807, 2.05) is 42.5 Å². The maximum Gasteiger partial charge on any atom is 0.411 e. The van der Waals surface area contributed by atoms with Crippen molar-refractivity contribution in [1.82, 2.24) is 4.98 Å². The average Bonchev–Trinajstić information content (AvgIpc) is 2.41. The number of aromatic nitrogens is 1. The normalized spacial score (nSPS) is 9.78. The molecule has 4 heteroatoms. The fraction of sp³-hybridized carbons (Fsp3) is 0.143.